The molecule has 1 aromatic heterocycles. The van der Waals surface area contributed by atoms with Gasteiger partial charge in [-0.15, -0.1) is 0 Å². The van der Waals surface area contributed by atoms with Crippen molar-refractivity contribution in [1.29, 1.82) is 0 Å². The number of nitrogens with one attached hydrogen (secondary N) is 1. The molecule has 2 heterocycles. The molecule has 0 aliphatic carbocycles. The SMILES string of the molecule is O=c1[nH]c(C2CSCCO2)nc(O)c1-c1cccc(Cl)c1. The lowest BCUT2D eigenvalue weighted by Crippen LogP contribution is -2.22. The van der Waals surface area contributed by atoms with E-state index in [1.807, 2.05) is 0 Å². The normalized spacial score (nSPS) is 18.6. The topological polar surface area (TPSA) is 75.2 Å². The Hall–Kier alpha value is -1.50. The summed E-state index contributed by atoms with van der Waals surface area (Å²) >= 11 is 7.64. The van der Waals surface area contributed by atoms with Gasteiger partial charge in [0.25, 0.3) is 5.56 Å². The first-order valence-electron chi connectivity index (χ1n) is 6.43. The van der Waals surface area contributed by atoms with Crippen LogP contribution in [0, 0.1) is 0 Å². The maximum atomic E-state index is 12.3. The fourth-order valence-corrected chi connectivity index (χ4v) is 3.22. The molecule has 1 atom stereocenters. The number of halogens is 1. The Balaban J connectivity index is 2.02. The van der Waals surface area contributed by atoms with E-state index in [4.69, 9.17) is 16.3 Å². The second-order valence-electron chi connectivity index (χ2n) is 4.59. The van der Waals surface area contributed by atoms with Gasteiger partial charge < -0.3 is 14.8 Å². The van der Waals surface area contributed by atoms with Gasteiger partial charge in [-0.25, -0.2) is 0 Å². The number of ether oxygens (including phenoxy) is 1. The Bertz CT molecular complexity index is 714. The number of aromatic nitrogens is 2. The quantitative estimate of drug-likeness (QED) is 0.888. The number of hydrogen-bond acceptors (Lipinski definition) is 5. The Kier molecular flexibility index (Phi) is 4.19. The standard InChI is InChI=1S/C14H13ClN2O3S/c15-9-3-1-2-8(6-9)11-13(18)16-12(17-14(11)19)10-7-21-5-4-20-10/h1-3,6,10H,4-5,7H2,(H2,16,17,18,19). The van der Waals surface area contributed by atoms with Crippen LogP contribution in [0.25, 0.3) is 11.1 Å². The van der Waals surface area contributed by atoms with Crippen LogP contribution in [0.4, 0.5) is 0 Å². The Morgan fingerprint density at radius 1 is 1.48 bits per heavy atom. The van der Waals surface area contributed by atoms with E-state index in [1.54, 1.807) is 36.0 Å². The molecule has 1 aliphatic rings. The second-order valence-corrected chi connectivity index (χ2v) is 6.18. The summed E-state index contributed by atoms with van der Waals surface area (Å²) in [6.07, 6.45) is -0.296. The van der Waals surface area contributed by atoms with E-state index in [0.29, 0.717) is 28.8 Å². The van der Waals surface area contributed by atoms with Crippen molar-refractivity contribution in [2.24, 2.45) is 0 Å². The van der Waals surface area contributed by atoms with Crippen molar-refractivity contribution in [2.45, 2.75) is 6.10 Å². The molecule has 2 aromatic rings. The van der Waals surface area contributed by atoms with Crippen LogP contribution in [0.3, 0.4) is 0 Å². The molecule has 0 radical (unpaired) electrons. The molecule has 0 bridgehead atoms. The molecule has 21 heavy (non-hydrogen) atoms. The first kappa shape index (κ1) is 14.4. The van der Waals surface area contributed by atoms with Crippen LogP contribution in [0.15, 0.2) is 29.1 Å². The highest BCUT2D eigenvalue weighted by atomic mass is 35.5. The van der Waals surface area contributed by atoms with E-state index in [2.05, 4.69) is 9.97 Å². The summed E-state index contributed by atoms with van der Waals surface area (Å²) in [4.78, 5) is 19.0. The van der Waals surface area contributed by atoms with E-state index in [1.165, 1.54) is 0 Å². The number of rotatable bonds is 2. The summed E-state index contributed by atoms with van der Waals surface area (Å²) in [5.74, 6) is 1.68. The first-order valence-corrected chi connectivity index (χ1v) is 7.97. The van der Waals surface area contributed by atoms with Gasteiger partial charge in [0, 0.05) is 16.5 Å². The minimum absolute atomic E-state index is 0.115. The third-order valence-electron chi connectivity index (χ3n) is 3.15. The van der Waals surface area contributed by atoms with Crippen LogP contribution < -0.4 is 5.56 Å². The van der Waals surface area contributed by atoms with Gasteiger partial charge in [-0.1, -0.05) is 23.7 Å². The highest BCUT2D eigenvalue weighted by Crippen LogP contribution is 2.29. The van der Waals surface area contributed by atoms with Gasteiger partial charge in [0.05, 0.1) is 6.61 Å². The molecule has 5 nitrogen and oxygen atoms in total. The van der Waals surface area contributed by atoms with Crippen molar-refractivity contribution in [3.8, 4) is 17.0 Å². The molecule has 1 saturated heterocycles. The van der Waals surface area contributed by atoms with Crippen LogP contribution >= 0.6 is 23.4 Å². The van der Waals surface area contributed by atoms with Crippen molar-refractivity contribution in [2.75, 3.05) is 18.1 Å². The van der Waals surface area contributed by atoms with Gasteiger partial charge in [0.2, 0.25) is 5.88 Å². The van der Waals surface area contributed by atoms with Gasteiger partial charge in [-0.05, 0) is 17.7 Å². The van der Waals surface area contributed by atoms with Crippen LogP contribution in [0.1, 0.15) is 11.9 Å². The number of hydrogen-bond donors (Lipinski definition) is 2. The van der Waals surface area contributed by atoms with Crippen LogP contribution in [-0.2, 0) is 4.74 Å². The third kappa shape index (κ3) is 3.07. The highest BCUT2D eigenvalue weighted by molar-refractivity contribution is 7.99. The molecular weight excluding hydrogens is 312 g/mol. The van der Waals surface area contributed by atoms with Gasteiger partial charge >= 0.3 is 0 Å². The zero-order valence-corrected chi connectivity index (χ0v) is 12.6. The van der Waals surface area contributed by atoms with Crippen molar-refractivity contribution in [1.82, 2.24) is 9.97 Å². The largest absolute Gasteiger partial charge is 0.493 e. The number of benzene rings is 1. The van der Waals surface area contributed by atoms with E-state index < -0.39 is 5.56 Å². The molecule has 1 aromatic carbocycles. The zero-order chi connectivity index (χ0) is 14.8. The van der Waals surface area contributed by atoms with Crippen molar-refractivity contribution < 1.29 is 9.84 Å². The van der Waals surface area contributed by atoms with Gasteiger partial charge in [-0.2, -0.15) is 16.7 Å². The lowest BCUT2D eigenvalue weighted by molar-refractivity contribution is 0.0688. The van der Waals surface area contributed by atoms with Crippen molar-refractivity contribution >= 4 is 23.4 Å². The minimum Gasteiger partial charge on any atom is -0.493 e. The van der Waals surface area contributed by atoms with Crippen LogP contribution in [0.5, 0.6) is 5.88 Å². The van der Waals surface area contributed by atoms with Gasteiger partial charge in [0.15, 0.2) is 0 Å². The molecule has 1 aliphatic heterocycles. The molecular formula is C14H13ClN2O3S. The number of aromatic amines is 1. The molecule has 3 rings (SSSR count). The second kappa shape index (κ2) is 6.09. The predicted molar refractivity (Wildman–Crippen MR) is 83.0 cm³/mol. The number of H-pyrrole nitrogens is 1. The summed E-state index contributed by atoms with van der Waals surface area (Å²) in [7, 11) is 0. The van der Waals surface area contributed by atoms with Gasteiger partial charge in [0.1, 0.15) is 17.5 Å². The maximum absolute atomic E-state index is 12.3. The molecule has 0 amide bonds. The minimum atomic E-state index is -0.404. The van der Waals surface area contributed by atoms with Crippen LogP contribution in [0.2, 0.25) is 5.02 Å². The Labute approximate surface area is 130 Å². The van der Waals surface area contributed by atoms with Crippen molar-refractivity contribution in [3.63, 3.8) is 0 Å². The number of nitrogens with zero attached hydrogens (tertiary/aromatic N) is 1. The molecule has 2 N–H and O–H groups in total. The zero-order valence-electron chi connectivity index (χ0n) is 11.0. The lowest BCUT2D eigenvalue weighted by atomic mass is 10.1. The predicted octanol–water partition coefficient (Wildman–Crippen LogP) is 2.60. The van der Waals surface area contributed by atoms with Crippen molar-refractivity contribution in [3.05, 3.63) is 45.5 Å². The fraction of sp³-hybridized carbons (Fsp3) is 0.286. The maximum Gasteiger partial charge on any atom is 0.262 e. The molecule has 110 valence electrons. The number of thioether (sulfide) groups is 1. The summed E-state index contributed by atoms with van der Waals surface area (Å²) in [5, 5.41) is 10.6. The average molecular weight is 325 g/mol. The third-order valence-corrected chi connectivity index (χ3v) is 4.38. The monoisotopic (exact) mass is 324 g/mol. The van der Waals surface area contributed by atoms with E-state index in [0.717, 1.165) is 5.75 Å². The smallest absolute Gasteiger partial charge is 0.262 e. The Morgan fingerprint density at radius 3 is 3.00 bits per heavy atom. The van der Waals surface area contributed by atoms with Crippen LogP contribution in [-0.4, -0.2) is 33.2 Å². The van der Waals surface area contributed by atoms with E-state index >= 15 is 0 Å². The first-order chi connectivity index (χ1) is 10.1. The van der Waals surface area contributed by atoms with E-state index in [-0.39, 0.29) is 17.5 Å². The average Bonchev–Trinajstić information content (AvgIpc) is 2.47. The highest BCUT2D eigenvalue weighted by Gasteiger charge is 2.22. The summed E-state index contributed by atoms with van der Waals surface area (Å²) in [6, 6.07) is 6.72. The summed E-state index contributed by atoms with van der Waals surface area (Å²) < 4.78 is 5.55. The summed E-state index contributed by atoms with van der Waals surface area (Å²) in [5.41, 5.74) is 0.239. The summed E-state index contributed by atoms with van der Waals surface area (Å²) in [6.45, 7) is 0.607. The molecule has 1 fully saturated rings. The molecule has 1 unspecified atom stereocenters. The number of aromatic hydroxyl groups is 1. The molecule has 7 heteroatoms. The Morgan fingerprint density at radius 2 is 2.33 bits per heavy atom. The van der Waals surface area contributed by atoms with E-state index in [9.17, 15) is 9.90 Å². The fourth-order valence-electron chi connectivity index (χ4n) is 2.18. The lowest BCUT2D eigenvalue weighted by Gasteiger charge is -2.21. The molecule has 0 spiro atoms. The molecule has 0 saturated carbocycles. The van der Waals surface area contributed by atoms with Gasteiger partial charge in [-0.3, -0.25) is 4.79 Å².